The molecule has 3 rings (SSSR count). The van der Waals surface area contributed by atoms with Crippen molar-refractivity contribution in [1.29, 1.82) is 0 Å². The van der Waals surface area contributed by atoms with Crippen molar-refractivity contribution in [2.45, 2.75) is 0 Å². The number of hydrogen-bond donors (Lipinski definition) is 1. The summed E-state index contributed by atoms with van der Waals surface area (Å²) < 4.78 is 12.1. The first-order valence-corrected chi connectivity index (χ1v) is 7.26. The molecule has 0 heterocycles. The maximum absolute atomic E-state index is 6.02. The van der Waals surface area contributed by atoms with Gasteiger partial charge in [-0.25, -0.2) is 0 Å². The molecule has 0 amide bonds. The molecular formula is C17H14BrNO2. The molecule has 0 unspecified atom stereocenters. The van der Waals surface area contributed by atoms with Crippen LogP contribution in [-0.2, 0) is 0 Å². The molecular weight excluding hydrogens is 330 g/mol. The van der Waals surface area contributed by atoms with Gasteiger partial charge in [-0.3, -0.25) is 0 Å². The van der Waals surface area contributed by atoms with Crippen LogP contribution in [0.4, 0.5) is 5.69 Å². The van der Waals surface area contributed by atoms with Gasteiger partial charge in [-0.2, -0.15) is 0 Å². The molecule has 3 aromatic rings. The Bertz CT molecular complexity index is 802. The van der Waals surface area contributed by atoms with Gasteiger partial charge < -0.3 is 15.2 Å². The number of rotatable bonds is 3. The minimum absolute atomic E-state index is 0.496. The van der Waals surface area contributed by atoms with E-state index in [4.69, 9.17) is 15.2 Å². The molecule has 0 atom stereocenters. The number of benzene rings is 3. The van der Waals surface area contributed by atoms with Crippen molar-refractivity contribution >= 4 is 32.4 Å². The summed E-state index contributed by atoms with van der Waals surface area (Å²) in [7, 11) is 1.59. The largest absolute Gasteiger partial charge is 0.494 e. The highest BCUT2D eigenvalue weighted by Crippen LogP contribution is 2.35. The molecule has 0 spiro atoms. The van der Waals surface area contributed by atoms with E-state index in [9.17, 15) is 0 Å². The Morgan fingerprint density at radius 2 is 1.62 bits per heavy atom. The maximum atomic E-state index is 6.02. The van der Waals surface area contributed by atoms with Crippen LogP contribution in [0.3, 0.4) is 0 Å². The quantitative estimate of drug-likeness (QED) is 0.681. The van der Waals surface area contributed by atoms with E-state index in [-0.39, 0.29) is 0 Å². The third-order valence-electron chi connectivity index (χ3n) is 3.25. The van der Waals surface area contributed by atoms with Crippen molar-refractivity contribution in [2.75, 3.05) is 12.8 Å². The Labute approximate surface area is 131 Å². The van der Waals surface area contributed by atoms with Gasteiger partial charge in [0.25, 0.3) is 0 Å². The van der Waals surface area contributed by atoms with E-state index >= 15 is 0 Å². The average molecular weight is 344 g/mol. The summed E-state index contributed by atoms with van der Waals surface area (Å²) in [6, 6.07) is 17.5. The molecule has 0 saturated carbocycles. The second-order valence-corrected chi connectivity index (χ2v) is 5.54. The normalized spacial score (nSPS) is 10.6. The third kappa shape index (κ3) is 2.81. The third-order valence-corrected chi connectivity index (χ3v) is 3.74. The van der Waals surface area contributed by atoms with Crippen molar-refractivity contribution in [1.82, 2.24) is 0 Å². The molecule has 106 valence electrons. The molecule has 0 aliphatic carbocycles. The van der Waals surface area contributed by atoms with Crippen LogP contribution in [0.5, 0.6) is 17.2 Å². The summed E-state index contributed by atoms with van der Waals surface area (Å²) in [5.74, 6) is 1.94. The van der Waals surface area contributed by atoms with E-state index in [1.807, 2.05) is 42.5 Å². The Hall–Kier alpha value is -2.20. The molecule has 0 bridgehead atoms. The summed E-state index contributed by atoms with van der Waals surface area (Å²) in [4.78, 5) is 0. The lowest BCUT2D eigenvalue weighted by molar-refractivity contribution is 0.412. The summed E-state index contributed by atoms with van der Waals surface area (Å²) >= 11 is 3.47. The molecule has 0 aromatic heterocycles. The number of nitrogen functional groups attached to an aromatic ring is 1. The van der Waals surface area contributed by atoms with E-state index in [2.05, 4.69) is 22.0 Å². The van der Waals surface area contributed by atoms with Gasteiger partial charge >= 0.3 is 0 Å². The molecule has 0 saturated heterocycles. The van der Waals surface area contributed by atoms with Gasteiger partial charge in [-0.1, -0.05) is 34.1 Å². The standard InChI is InChI=1S/C17H14BrNO2/c1-20-15-3-2-4-16(17(15)19)21-14-8-6-11-9-13(18)7-5-12(11)10-14/h2-10H,19H2,1H3. The number of ether oxygens (including phenoxy) is 2. The van der Waals surface area contributed by atoms with Crippen molar-refractivity contribution < 1.29 is 9.47 Å². The van der Waals surface area contributed by atoms with Crippen molar-refractivity contribution in [3.05, 3.63) is 59.1 Å². The predicted octanol–water partition coefficient (Wildman–Crippen LogP) is 4.99. The molecule has 0 aliphatic rings. The first kappa shape index (κ1) is 13.8. The summed E-state index contributed by atoms with van der Waals surface area (Å²) in [5.41, 5.74) is 6.51. The minimum Gasteiger partial charge on any atom is -0.494 e. The van der Waals surface area contributed by atoms with Crippen LogP contribution in [0, 0.1) is 0 Å². The highest BCUT2D eigenvalue weighted by molar-refractivity contribution is 9.10. The first-order valence-electron chi connectivity index (χ1n) is 6.47. The Morgan fingerprint density at radius 1 is 0.905 bits per heavy atom. The second-order valence-electron chi connectivity index (χ2n) is 4.63. The van der Waals surface area contributed by atoms with Gasteiger partial charge in [0.1, 0.15) is 17.2 Å². The molecule has 2 N–H and O–H groups in total. The van der Waals surface area contributed by atoms with Gasteiger partial charge in [-0.05, 0) is 47.2 Å². The Kier molecular flexibility index (Phi) is 3.71. The van der Waals surface area contributed by atoms with Gasteiger partial charge in [0.2, 0.25) is 0 Å². The number of fused-ring (bicyclic) bond motifs is 1. The summed E-state index contributed by atoms with van der Waals surface area (Å²) in [6.07, 6.45) is 0. The lowest BCUT2D eigenvalue weighted by atomic mass is 10.1. The van der Waals surface area contributed by atoms with Crippen LogP contribution in [0.1, 0.15) is 0 Å². The summed E-state index contributed by atoms with van der Waals surface area (Å²) in [6.45, 7) is 0. The zero-order valence-corrected chi connectivity index (χ0v) is 13.1. The van der Waals surface area contributed by atoms with Crippen LogP contribution in [0.25, 0.3) is 10.8 Å². The van der Waals surface area contributed by atoms with Gasteiger partial charge in [0.15, 0.2) is 5.75 Å². The lowest BCUT2D eigenvalue weighted by Crippen LogP contribution is -1.95. The highest BCUT2D eigenvalue weighted by Gasteiger charge is 2.07. The van der Waals surface area contributed by atoms with E-state index in [0.717, 1.165) is 21.0 Å². The molecule has 3 aromatic carbocycles. The maximum Gasteiger partial charge on any atom is 0.154 e. The topological polar surface area (TPSA) is 44.5 Å². The Morgan fingerprint density at radius 3 is 2.43 bits per heavy atom. The highest BCUT2D eigenvalue weighted by atomic mass is 79.9. The summed E-state index contributed by atoms with van der Waals surface area (Å²) in [5, 5.41) is 2.26. The lowest BCUT2D eigenvalue weighted by Gasteiger charge is -2.11. The fourth-order valence-corrected chi connectivity index (χ4v) is 2.55. The fraction of sp³-hybridized carbons (Fsp3) is 0.0588. The molecule has 0 radical (unpaired) electrons. The first-order chi connectivity index (χ1) is 10.2. The van der Waals surface area contributed by atoms with Crippen LogP contribution in [0.2, 0.25) is 0 Å². The van der Waals surface area contributed by atoms with Crippen molar-refractivity contribution in [3.63, 3.8) is 0 Å². The predicted molar refractivity (Wildman–Crippen MR) is 89.1 cm³/mol. The average Bonchev–Trinajstić information content (AvgIpc) is 2.49. The molecule has 0 fully saturated rings. The number of halogens is 1. The van der Waals surface area contributed by atoms with E-state index < -0.39 is 0 Å². The monoisotopic (exact) mass is 343 g/mol. The van der Waals surface area contributed by atoms with Crippen molar-refractivity contribution in [2.24, 2.45) is 0 Å². The van der Waals surface area contributed by atoms with Crippen molar-refractivity contribution in [3.8, 4) is 17.2 Å². The number of anilines is 1. The number of para-hydroxylation sites is 1. The number of methoxy groups -OCH3 is 1. The minimum atomic E-state index is 0.496. The van der Waals surface area contributed by atoms with E-state index in [1.165, 1.54) is 0 Å². The number of nitrogens with two attached hydrogens (primary N) is 1. The SMILES string of the molecule is COc1cccc(Oc2ccc3cc(Br)ccc3c2)c1N. The molecule has 21 heavy (non-hydrogen) atoms. The van der Waals surface area contributed by atoms with Crippen LogP contribution < -0.4 is 15.2 Å². The van der Waals surface area contributed by atoms with Crippen LogP contribution in [0.15, 0.2) is 59.1 Å². The zero-order valence-electron chi connectivity index (χ0n) is 11.5. The zero-order chi connectivity index (χ0) is 14.8. The fourth-order valence-electron chi connectivity index (χ4n) is 2.18. The Balaban J connectivity index is 1.96. The molecule has 0 aliphatic heterocycles. The number of hydrogen-bond acceptors (Lipinski definition) is 3. The van der Waals surface area contributed by atoms with Crippen LogP contribution in [-0.4, -0.2) is 7.11 Å². The van der Waals surface area contributed by atoms with Gasteiger partial charge in [0.05, 0.1) is 7.11 Å². The second kappa shape index (κ2) is 5.66. The smallest absolute Gasteiger partial charge is 0.154 e. The molecule has 3 nitrogen and oxygen atoms in total. The van der Waals surface area contributed by atoms with E-state index in [0.29, 0.717) is 17.2 Å². The van der Waals surface area contributed by atoms with Gasteiger partial charge in [-0.15, -0.1) is 0 Å². The van der Waals surface area contributed by atoms with E-state index in [1.54, 1.807) is 13.2 Å². The van der Waals surface area contributed by atoms with Gasteiger partial charge in [0, 0.05) is 4.47 Å². The van der Waals surface area contributed by atoms with Crippen LogP contribution >= 0.6 is 15.9 Å². The molecule has 4 heteroatoms.